The van der Waals surface area contributed by atoms with Crippen molar-refractivity contribution in [2.45, 2.75) is 239 Å². The molecule has 1 unspecified atom stereocenters. The van der Waals surface area contributed by atoms with Gasteiger partial charge in [0.15, 0.2) is 6.10 Å². The molecule has 0 aromatic rings. The maximum atomic E-state index is 12.8. The van der Waals surface area contributed by atoms with Crippen molar-refractivity contribution in [2.75, 3.05) is 13.2 Å². The van der Waals surface area contributed by atoms with Crippen LogP contribution < -0.4 is 0 Å². The molecular formula is C62H100O6. The van der Waals surface area contributed by atoms with Crippen LogP contribution in [0.15, 0.2) is 122 Å². The van der Waals surface area contributed by atoms with Crippen molar-refractivity contribution in [2.24, 2.45) is 0 Å². The van der Waals surface area contributed by atoms with Gasteiger partial charge in [-0.15, -0.1) is 0 Å². The van der Waals surface area contributed by atoms with E-state index in [1.165, 1.54) is 44.9 Å². The van der Waals surface area contributed by atoms with Gasteiger partial charge in [0.1, 0.15) is 13.2 Å². The lowest BCUT2D eigenvalue weighted by molar-refractivity contribution is -0.167. The van der Waals surface area contributed by atoms with Crippen LogP contribution in [0.4, 0.5) is 0 Å². The Morgan fingerprint density at radius 2 is 0.632 bits per heavy atom. The van der Waals surface area contributed by atoms with Crippen LogP contribution in [0.1, 0.15) is 233 Å². The highest BCUT2D eigenvalue weighted by Crippen LogP contribution is 2.13. The number of hydrogen-bond donors (Lipinski definition) is 0. The maximum Gasteiger partial charge on any atom is 0.306 e. The molecule has 0 aliphatic heterocycles. The van der Waals surface area contributed by atoms with Crippen molar-refractivity contribution in [3.63, 3.8) is 0 Å². The van der Waals surface area contributed by atoms with Crippen LogP contribution in [-0.4, -0.2) is 37.2 Å². The predicted molar refractivity (Wildman–Crippen MR) is 293 cm³/mol. The van der Waals surface area contributed by atoms with E-state index in [0.717, 1.165) is 141 Å². The molecule has 384 valence electrons. The molecule has 0 bridgehead atoms. The summed E-state index contributed by atoms with van der Waals surface area (Å²) in [6.45, 7) is 6.33. The van der Waals surface area contributed by atoms with Gasteiger partial charge in [-0.2, -0.15) is 0 Å². The zero-order valence-corrected chi connectivity index (χ0v) is 43.8. The van der Waals surface area contributed by atoms with Crippen LogP contribution in [0.3, 0.4) is 0 Å². The highest BCUT2D eigenvalue weighted by Gasteiger charge is 2.19. The lowest BCUT2D eigenvalue weighted by atomic mass is 10.1. The molecule has 0 heterocycles. The summed E-state index contributed by atoms with van der Waals surface area (Å²) in [5.74, 6) is -0.975. The van der Waals surface area contributed by atoms with Gasteiger partial charge in [-0.3, -0.25) is 14.4 Å². The number of carbonyl (C=O) groups is 3. The molecule has 0 aliphatic carbocycles. The Morgan fingerprint density at radius 1 is 0.324 bits per heavy atom. The van der Waals surface area contributed by atoms with Gasteiger partial charge in [-0.1, -0.05) is 219 Å². The van der Waals surface area contributed by atoms with Gasteiger partial charge in [0.25, 0.3) is 0 Å². The minimum absolute atomic E-state index is 0.108. The second-order valence-corrected chi connectivity index (χ2v) is 17.8. The quantitative estimate of drug-likeness (QED) is 0.0199. The third kappa shape index (κ3) is 52.8. The summed E-state index contributed by atoms with van der Waals surface area (Å²) in [6.07, 6.45) is 76.1. The standard InChI is InChI=1S/C62H100O6/c1-4-7-10-13-16-19-22-25-28-31-32-35-37-40-43-46-49-52-55-61(64)67-58-59(68-62(65)56-53-50-47-44-41-38-34-30-27-24-21-18-15-12-9-6-3)57-66-60(63)54-51-48-45-42-39-36-33-29-26-23-20-17-14-11-8-5-2/h8-9,11-12,17-18,20-22,25-32,35,38,41,59H,4-7,10,13-16,19,23-24,33-34,36-37,39-40,42-58H2,1-3H3/b11-8-,12-9-,20-17-,21-18-,25-22-,29-26-,30-27-,31-28-,35-32-,41-38-. The monoisotopic (exact) mass is 941 g/mol. The second kappa shape index (κ2) is 55.4. The first kappa shape index (κ1) is 63.8. The zero-order chi connectivity index (χ0) is 49.3. The third-order valence-corrected chi connectivity index (χ3v) is 11.2. The summed E-state index contributed by atoms with van der Waals surface area (Å²) in [5, 5.41) is 0. The molecule has 0 fully saturated rings. The summed E-state index contributed by atoms with van der Waals surface area (Å²) < 4.78 is 16.8. The van der Waals surface area contributed by atoms with Gasteiger partial charge < -0.3 is 14.2 Å². The molecular weight excluding hydrogens is 841 g/mol. The molecule has 0 aliphatic rings. The van der Waals surface area contributed by atoms with E-state index in [9.17, 15) is 14.4 Å². The average Bonchev–Trinajstić information content (AvgIpc) is 3.34. The minimum Gasteiger partial charge on any atom is -0.462 e. The Kier molecular flexibility index (Phi) is 52.0. The number of unbranched alkanes of at least 4 members (excludes halogenated alkanes) is 19. The molecule has 0 aromatic heterocycles. The first-order valence-electron chi connectivity index (χ1n) is 27.6. The van der Waals surface area contributed by atoms with Crippen LogP contribution in [0, 0.1) is 0 Å². The van der Waals surface area contributed by atoms with Crippen molar-refractivity contribution in [1.82, 2.24) is 0 Å². The van der Waals surface area contributed by atoms with Gasteiger partial charge in [0, 0.05) is 19.3 Å². The molecule has 68 heavy (non-hydrogen) atoms. The molecule has 1 atom stereocenters. The molecule has 0 N–H and O–H groups in total. The van der Waals surface area contributed by atoms with Crippen molar-refractivity contribution in [3.05, 3.63) is 122 Å². The number of ether oxygens (including phenoxy) is 3. The first-order valence-corrected chi connectivity index (χ1v) is 27.6. The van der Waals surface area contributed by atoms with Gasteiger partial charge in [-0.25, -0.2) is 0 Å². The summed E-state index contributed by atoms with van der Waals surface area (Å²) >= 11 is 0. The molecule has 0 aromatic carbocycles. The van der Waals surface area contributed by atoms with E-state index in [1.54, 1.807) is 0 Å². The molecule has 0 amide bonds. The van der Waals surface area contributed by atoms with Crippen LogP contribution in [-0.2, 0) is 28.6 Å². The number of carbonyl (C=O) groups excluding carboxylic acids is 3. The van der Waals surface area contributed by atoms with Crippen molar-refractivity contribution in [1.29, 1.82) is 0 Å². The normalized spacial score (nSPS) is 13.0. The van der Waals surface area contributed by atoms with Gasteiger partial charge >= 0.3 is 17.9 Å². The smallest absolute Gasteiger partial charge is 0.306 e. The maximum absolute atomic E-state index is 12.8. The zero-order valence-electron chi connectivity index (χ0n) is 43.8. The van der Waals surface area contributed by atoms with Crippen LogP contribution in [0.25, 0.3) is 0 Å². The SMILES string of the molecule is CC/C=C\C/C=C\C/C=C\C/C=C\CCCCCC(=O)OC(COC(=O)CCCCCCC\C=C/C=C\C=C/CCCCCCC)COC(=O)CCCCCCCC/C=C\C/C=C\C/C=C\CC. The molecule has 0 saturated heterocycles. The topological polar surface area (TPSA) is 78.9 Å². The molecule has 6 heteroatoms. The number of allylic oxidation sites excluding steroid dienone is 20. The molecule has 0 rings (SSSR count). The third-order valence-electron chi connectivity index (χ3n) is 11.2. The van der Waals surface area contributed by atoms with Crippen LogP contribution in [0.2, 0.25) is 0 Å². The Balaban J connectivity index is 4.52. The average molecular weight is 941 g/mol. The van der Waals surface area contributed by atoms with E-state index in [-0.39, 0.29) is 37.5 Å². The first-order chi connectivity index (χ1) is 33.5. The predicted octanol–water partition coefficient (Wildman–Crippen LogP) is 18.5. The Bertz CT molecular complexity index is 1450. The Hall–Kier alpha value is -4.19. The fourth-order valence-electron chi connectivity index (χ4n) is 7.15. The fourth-order valence-corrected chi connectivity index (χ4v) is 7.15. The van der Waals surface area contributed by atoms with E-state index in [0.29, 0.717) is 19.3 Å². The van der Waals surface area contributed by atoms with E-state index in [2.05, 4.69) is 142 Å². The molecule has 0 radical (unpaired) electrons. The van der Waals surface area contributed by atoms with E-state index in [1.807, 2.05) is 0 Å². The Morgan fingerprint density at radius 3 is 1.03 bits per heavy atom. The van der Waals surface area contributed by atoms with Crippen LogP contribution in [0.5, 0.6) is 0 Å². The lowest BCUT2D eigenvalue weighted by Gasteiger charge is -2.18. The minimum atomic E-state index is -0.813. The van der Waals surface area contributed by atoms with Crippen molar-refractivity contribution in [3.8, 4) is 0 Å². The summed E-state index contributed by atoms with van der Waals surface area (Å²) in [7, 11) is 0. The van der Waals surface area contributed by atoms with Gasteiger partial charge in [0.2, 0.25) is 0 Å². The summed E-state index contributed by atoms with van der Waals surface area (Å²) in [5.41, 5.74) is 0. The number of hydrogen-bond acceptors (Lipinski definition) is 6. The van der Waals surface area contributed by atoms with Gasteiger partial charge in [0.05, 0.1) is 0 Å². The molecule has 0 spiro atoms. The van der Waals surface area contributed by atoms with Gasteiger partial charge in [-0.05, 0) is 116 Å². The van der Waals surface area contributed by atoms with Crippen molar-refractivity contribution < 1.29 is 28.6 Å². The Labute approximate surface area is 418 Å². The number of rotatable bonds is 48. The van der Waals surface area contributed by atoms with Crippen LogP contribution >= 0.6 is 0 Å². The second-order valence-electron chi connectivity index (χ2n) is 17.8. The lowest BCUT2D eigenvalue weighted by Crippen LogP contribution is -2.30. The largest absolute Gasteiger partial charge is 0.462 e. The highest BCUT2D eigenvalue weighted by atomic mass is 16.6. The number of esters is 3. The summed E-state index contributed by atoms with van der Waals surface area (Å²) in [4.78, 5) is 38.1. The van der Waals surface area contributed by atoms with Crippen molar-refractivity contribution >= 4 is 17.9 Å². The van der Waals surface area contributed by atoms with E-state index >= 15 is 0 Å². The van der Waals surface area contributed by atoms with E-state index in [4.69, 9.17) is 14.2 Å². The highest BCUT2D eigenvalue weighted by molar-refractivity contribution is 5.71. The molecule has 6 nitrogen and oxygen atoms in total. The van der Waals surface area contributed by atoms with E-state index < -0.39 is 6.10 Å². The molecule has 0 saturated carbocycles. The summed E-state index contributed by atoms with van der Waals surface area (Å²) in [6, 6.07) is 0. The fraction of sp³-hybridized carbons (Fsp3) is 0.629.